The molecule has 1 aliphatic heterocycles. The van der Waals surface area contributed by atoms with Crippen LogP contribution in [-0.2, 0) is 0 Å². The number of phenols is 1. The van der Waals surface area contributed by atoms with Crippen molar-refractivity contribution in [3.8, 4) is 5.75 Å². The number of carbonyl (C=O) groups is 2. The van der Waals surface area contributed by atoms with E-state index in [1.807, 2.05) is 0 Å². The number of likely N-dealkylation sites (tertiary alicyclic amines) is 1. The quantitative estimate of drug-likeness (QED) is 0.604. The molecule has 1 saturated heterocycles. The summed E-state index contributed by atoms with van der Waals surface area (Å²) >= 11 is 0. The van der Waals surface area contributed by atoms with Crippen LogP contribution in [-0.4, -0.2) is 46.2 Å². The lowest BCUT2D eigenvalue weighted by Gasteiger charge is -2.30. The summed E-state index contributed by atoms with van der Waals surface area (Å²) in [6.45, 7) is 1.16. The summed E-state index contributed by atoms with van der Waals surface area (Å²) in [5, 5.41) is 20.9. The summed E-state index contributed by atoms with van der Waals surface area (Å²) in [7, 11) is 0. The third kappa shape index (κ3) is 3.18. The molecule has 0 bridgehead atoms. The lowest BCUT2D eigenvalue weighted by Crippen LogP contribution is -2.44. The van der Waals surface area contributed by atoms with Gasteiger partial charge in [-0.05, 0) is 31.0 Å². The number of nitrogens with one attached hydrogen (secondary N) is 1. The molecule has 108 valence electrons. The number of aromatic hydroxyl groups is 1. The van der Waals surface area contributed by atoms with Gasteiger partial charge >= 0.3 is 12.0 Å². The van der Waals surface area contributed by atoms with Crippen LogP contribution in [0.5, 0.6) is 5.75 Å². The fourth-order valence-electron chi connectivity index (χ4n) is 2.09. The zero-order chi connectivity index (χ0) is 14.7. The van der Waals surface area contributed by atoms with Gasteiger partial charge < -0.3 is 26.2 Å². The molecule has 20 heavy (non-hydrogen) atoms. The van der Waals surface area contributed by atoms with E-state index >= 15 is 0 Å². The molecule has 0 radical (unpaired) electrons. The van der Waals surface area contributed by atoms with Crippen molar-refractivity contribution in [2.75, 3.05) is 18.4 Å². The average Bonchev–Trinajstić information content (AvgIpc) is 2.41. The zero-order valence-corrected chi connectivity index (χ0v) is 10.9. The van der Waals surface area contributed by atoms with Gasteiger partial charge in [-0.3, -0.25) is 0 Å². The van der Waals surface area contributed by atoms with E-state index in [9.17, 15) is 14.7 Å². The van der Waals surface area contributed by atoms with Crippen molar-refractivity contribution >= 4 is 17.7 Å². The van der Waals surface area contributed by atoms with Crippen LogP contribution in [0.3, 0.4) is 0 Å². The predicted molar refractivity (Wildman–Crippen MR) is 72.9 cm³/mol. The van der Waals surface area contributed by atoms with Gasteiger partial charge in [0, 0.05) is 24.8 Å². The molecule has 0 aliphatic carbocycles. The summed E-state index contributed by atoms with van der Waals surface area (Å²) in [6, 6.07) is 3.76. The molecular formula is C13H17N3O4. The zero-order valence-electron chi connectivity index (χ0n) is 10.9. The summed E-state index contributed by atoms with van der Waals surface area (Å²) in [4.78, 5) is 24.5. The second-order valence-electron chi connectivity index (χ2n) is 4.79. The van der Waals surface area contributed by atoms with Crippen molar-refractivity contribution in [1.29, 1.82) is 0 Å². The van der Waals surface area contributed by atoms with Crippen molar-refractivity contribution in [2.45, 2.75) is 18.9 Å². The van der Waals surface area contributed by atoms with Crippen LogP contribution in [0, 0.1) is 0 Å². The first-order chi connectivity index (χ1) is 9.47. The molecule has 1 aromatic rings. The maximum absolute atomic E-state index is 12.0. The number of carbonyl (C=O) groups excluding carboxylic acids is 1. The van der Waals surface area contributed by atoms with Crippen LogP contribution >= 0.6 is 0 Å². The number of amides is 2. The molecule has 0 spiro atoms. The van der Waals surface area contributed by atoms with Gasteiger partial charge in [0.25, 0.3) is 0 Å². The summed E-state index contributed by atoms with van der Waals surface area (Å²) in [6.07, 6.45) is 1.51. The number of carboxylic acid groups (broad SMARTS) is 1. The number of rotatable bonds is 2. The Morgan fingerprint density at radius 3 is 2.55 bits per heavy atom. The van der Waals surface area contributed by atoms with Crippen LogP contribution < -0.4 is 11.1 Å². The number of anilines is 1. The molecule has 7 nitrogen and oxygen atoms in total. The highest BCUT2D eigenvalue weighted by atomic mass is 16.4. The molecule has 0 unspecified atom stereocenters. The number of nitrogens with two attached hydrogens (primary N) is 1. The number of carboxylic acids is 1. The first-order valence-corrected chi connectivity index (χ1v) is 6.35. The predicted octanol–water partition coefficient (Wildman–Crippen LogP) is 1.05. The van der Waals surface area contributed by atoms with Crippen molar-refractivity contribution in [2.24, 2.45) is 5.73 Å². The number of piperidine rings is 1. The van der Waals surface area contributed by atoms with Gasteiger partial charge in [0.15, 0.2) is 0 Å². The lowest BCUT2D eigenvalue weighted by molar-refractivity contribution is 0.0693. The molecule has 5 N–H and O–H groups in total. The minimum absolute atomic E-state index is 0.131. The first kappa shape index (κ1) is 14.1. The molecule has 1 heterocycles. The van der Waals surface area contributed by atoms with Crippen LogP contribution in [0.1, 0.15) is 23.2 Å². The Bertz CT molecular complexity index is 524. The van der Waals surface area contributed by atoms with Gasteiger partial charge in [0.1, 0.15) is 11.3 Å². The molecule has 1 fully saturated rings. The van der Waals surface area contributed by atoms with E-state index in [0.29, 0.717) is 18.8 Å². The van der Waals surface area contributed by atoms with Gasteiger partial charge in [0.2, 0.25) is 0 Å². The number of benzene rings is 1. The van der Waals surface area contributed by atoms with E-state index in [1.165, 1.54) is 18.2 Å². The minimum atomic E-state index is -1.25. The van der Waals surface area contributed by atoms with Crippen LogP contribution in [0.4, 0.5) is 10.5 Å². The fraction of sp³-hybridized carbons (Fsp3) is 0.385. The third-order valence-electron chi connectivity index (χ3n) is 3.31. The van der Waals surface area contributed by atoms with E-state index in [1.54, 1.807) is 4.90 Å². The summed E-state index contributed by atoms with van der Waals surface area (Å²) in [5.74, 6) is -1.58. The van der Waals surface area contributed by atoms with Crippen molar-refractivity contribution in [3.05, 3.63) is 23.8 Å². The highest BCUT2D eigenvalue weighted by molar-refractivity contribution is 5.95. The molecule has 1 aromatic carbocycles. The van der Waals surface area contributed by atoms with Gasteiger partial charge in [-0.25, -0.2) is 9.59 Å². The molecule has 7 heteroatoms. The van der Waals surface area contributed by atoms with E-state index in [2.05, 4.69) is 5.32 Å². The second kappa shape index (κ2) is 5.79. The maximum Gasteiger partial charge on any atom is 0.339 e. The van der Waals surface area contributed by atoms with Crippen LogP contribution in [0.2, 0.25) is 0 Å². The molecule has 1 aliphatic rings. The topological polar surface area (TPSA) is 116 Å². The SMILES string of the molecule is NC1CCN(C(=O)Nc2ccc(O)c(C(=O)O)c2)CC1. The summed E-state index contributed by atoms with van der Waals surface area (Å²) < 4.78 is 0. The largest absolute Gasteiger partial charge is 0.507 e. The van der Waals surface area contributed by atoms with Gasteiger partial charge in [-0.1, -0.05) is 0 Å². The molecule has 0 saturated carbocycles. The highest BCUT2D eigenvalue weighted by Crippen LogP contribution is 2.22. The number of hydrogen-bond donors (Lipinski definition) is 4. The first-order valence-electron chi connectivity index (χ1n) is 6.35. The van der Waals surface area contributed by atoms with Gasteiger partial charge in [-0.15, -0.1) is 0 Å². The normalized spacial score (nSPS) is 15.9. The monoisotopic (exact) mass is 279 g/mol. The Kier molecular flexibility index (Phi) is 4.09. The Morgan fingerprint density at radius 2 is 1.95 bits per heavy atom. The van der Waals surface area contributed by atoms with Crippen molar-refractivity contribution < 1.29 is 19.8 Å². The average molecular weight is 279 g/mol. The standard InChI is InChI=1S/C13H17N3O4/c14-8-3-5-16(6-4-8)13(20)15-9-1-2-11(17)10(7-9)12(18)19/h1-2,7-8,17H,3-6,14H2,(H,15,20)(H,18,19). The smallest absolute Gasteiger partial charge is 0.339 e. The number of hydrogen-bond acceptors (Lipinski definition) is 4. The Hall–Kier alpha value is -2.28. The number of urea groups is 1. The molecule has 0 atom stereocenters. The highest BCUT2D eigenvalue weighted by Gasteiger charge is 2.21. The van der Waals surface area contributed by atoms with Crippen molar-refractivity contribution in [3.63, 3.8) is 0 Å². The van der Waals surface area contributed by atoms with E-state index in [0.717, 1.165) is 12.8 Å². The second-order valence-corrected chi connectivity index (χ2v) is 4.79. The fourth-order valence-corrected chi connectivity index (χ4v) is 2.09. The third-order valence-corrected chi connectivity index (χ3v) is 3.31. The van der Waals surface area contributed by atoms with Crippen LogP contribution in [0.25, 0.3) is 0 Å². The lowest BCUT2D eigenvalue weighted by atomic mass is 10.1. The van der Waals surface area contributed by atoms with Gasteiger partial charge in [0.05, 0.1) is 0 Å². The van der Waals surface area contributed by atoms with Crippen LogP contribution in [0.15, 0.2) is 18.2 Å². The minimum Gasteiger partial charge on any atom is -0.507 e. The Morgan fingerprint density at radius 1 is 1.30 bits per heavy atom. The Labute approximate surface area is 116 Å². The number of nitrogens with zero attached hydrogens (tertiary/aromatic N) is 1. The Balaban J connectivity index is 2.04. The van der Waals surface area contributed by atoms with Crippen molar-refractivity contribution in [1.82, 2.24) is 4.90 Å². The summed E-state index contributed by atoms with van der Waals surface area (Å²) in [5.41, 5.74) is 5.85. The maximum atomic E-state index is 12.0. The van der Waals surface area contributed by atoms with E-state index in [4.69, 9.17) is 10.8 Å². The van der Waals surface area contributed by atoms with Gasteiger partial charge in [-0.2, -0.15) is 0 Å². The molecule has 0 aromatic heterocycles. The molecule has 2 amide bonds. The van der Waals surface area contributed by atoms with E-state index in [-0.39, 0.29) is 23.4 Å². The van der Waals surface area contributed by atoms with E-state index < -0.39 is 5.97 Å². The molecule has 2 rings (SSSR count). The molecular weight excluding hydrogens is 262 g/mol. The number of aromatic carboxylic acids is 1.